The van der Waals surface area contributed by atoms with Crippen LogP contribution in [0, 0.1) is 5.41 Å². The Kier molecular flexibility index (Phi) is 3.23. The van der Waals surface area contributed by atoms with Crippen LogP contribution in [0.4, 0.5) is 4.39 Å². The monoisotopic (exact) mass is 253 g/mol. The molecule has 0 bridgehead atoms. The molecule has 2 nitrogen and oxygen atoms in total. The maximum Gasteiger partial charge on any atom is 0.119 e. The zero-order chi connectivity index (χ0) is 12.6. The molecule has 3 heteroatoms. The summed E-state index contributed by atoms with van der Waals surface area (Å²) in [6, 6.07) is 0. The van der Waals surface area contributed by atoms with Crippen molar-refractivity contribution in [1.82, 2.24) is 5.32 Å². The topological polar surface area (TPSA) is 21.3 Å². The number of hydrogen-bond acceptors (Lipinski definition) is 2. The summed E-state index contributed by atoms with van der Waals surface area (Å²) in [6.07, 6.45) is 11.4. The molecule has 18 heavy (non-hydrogen) atoms. The molecular weight excluding hydrogens is 229 g/mol. The van der Waals surface area contributed by atoms with Gasteiger partial charge in [0.15, 0.2) is 0 Å². The van der Waals surface area contributed by atoms with Crippen molar-refractivity contribution < 1.29 is 9.13 Å². The number of unbranched alkanes of at least 4 members (excludes halogenated alkanes) is 1. The fourth-order valence-electron chi connectivity index (χ4n) is 3.11. The molecule has 2 saturated carbocycles. The van der Waals surface area contributed by atoms with Gasteiger partial charge in [-0.05, 0) is 52.0 Å². The summed E-state index contributed by atoms with van der Waals surface area (Å²) in [5, 5.41) is 3.39. The minimum absolute atomic E-state index is 0.0800. The molecule has 0 amide bonds. The lowest BCUT2D eigenvalue weighted by molar-refractivity contribution is 0.0832. The van der Waals surface area contributed by atoms with Crippen LogP contribution in [0.3, 0.4) is 0 Å². The average Bonchev–Trinajstić information content (AvgIpc) is 2.96. The minimum Gasteiger partial charge on any atom is -0.371 e. The van der Waals surface area contributed by atoms with E-state index in [4.69, 9.17) is 4.74 Å². The second-order valence-corrected chi connectivity index (χ2v) is 6.41. The molecular formula is C15H24FNO. The third-order valence-electron chi connectivity index (χ3n) is 4.74. The zero-order valence-corrected chi connectivity index (χ0v) is 11.3. The molecule has 0 aromatic carbocycles. The van der Waals surface area contributed by atoms with Gasteiger partial charge in [-0.2, -0.15) is 0 Å². The third kappa shape index (κ3) is 2.48. The first-order valence-electron chi connectivity index (χ1n) is 7.35. The van der Waals surface area contributed by atoms with Gasteiger partial charge in [0.05, 0.1) is 12.2 Å². The summed E-state index contributed by atoms with van der Waals surface area (Å²) >= 11 is 0. The van der Waals surface area contributed by atoms with Crippen molar-refractivity contribution in [3.63, 3.8) is 0 Å². The van der Waals surface area contributed by atoms with E-state index in [9.17, 15) is 4.39 Å². The minimum atomic E-state index is -0.740. The van der Waals surface area contributed by atoms with Gasteiger partial charge >= 0.3 is 0 Å². The van der Waals surface area contributed by atoms with E-state index in [-0.39, 0.29) is 5.41 Å². The van der Waals surface area contributed by atoms with Crippen molar-refractivity contribution in [2.75, 3.05) is 13.1 Å². The van der Waals surface area contributed by atoms with Gasteiger partial charge in [-0.1, -0.05) is 12.2 Å². The number of alkyl halides is 1. The molecule has 1 aliphatic heterocycles. The van der Waals surface area contributed by atoms with Crippen molar-refractivity contribution >= 4 is 0 Å². The molecule has 3 fully saturated rings. The van der Waals surface area contributed by atoms with Gasteiger partial charge in [-0.15, -0.1) is 0 Å². The van der Waals surface area contributed by atoms with Crippen LogP contribution in [0.2, 0.25) is 0 Å². The van der Waals surface area contributed by atoms with E-state index >= 15 is 0 Å². The van der Waals surface area contributed by atoms with Crippen LogP contribution in [-0.4, -0.2) is 31.0 Å². The quantitative estimate of drug-likeness (QED) is 0.556. The first-order chi connectivity index (χ1) is 8.64. The van der Waals surface area contributed by atoms with Gasteiger partial charge in [0.2, 0.25) is 0 Å². The summed E-state index contributed by atoms with van der Waals surface area (Å²) in [5.74, 6) is 0. The van der Waals surface area contributed by atoms with Gasteiger partial charge in [-0.3, -0.25) is 0 Å². The number of nitrogens with one attached hydrogen (secondary N) is 1. The molecule has 0 aromatic heterocycles. The molecule has 0 radical (unpaired) electrons. The predicted molar refractivity (Wildman–Crippen MR) is 70.3 cm³/mol. The molecule has 0 spiro atoms. The average molecular weight is 253 g/mol. The summed E-state index contributed by atoms with van der Waals surface area (Å²) in [5.41, 5.74) is -0.660. The van der Waals surface area contributed by atoms with Crippen LogP contribution >= 0.6 is 0 Å². The Balaban J connectivity index is 1.20. The Morgan fingerprint density at radius 2 is 2.17 bits per heavy atom. The van der Waals surface area contributed by atoms with Crippen molar-refractivity contribution in [1.29, 1.82) is 0 Å². The molecule has 1 heterocycles. The number of rotatable bonds is 7. The van der Waals surface area contributed by atoms with Crippen LogP contribution in [0.5, 0.6) is 0 Å². The fraction of sp³-hybridized carbons (Fsp3) is 0.867. The Bertz CT molecular complexity index is 335. The fourth-order valence-corrected chi connectivity index (χ4v) is 3.11. The van der Waals surface area contributed by atoms with E-state index < -0.39 is 5.67 Å². The van der Waals surface area contributed by atoms with Crippen molar-refractivity contribution in [2.45, 2.75) is 63.3 Å². The SMILES string of the molecule is CC1CCC(/C=C/CCCNCC23CC2(F)C3)O1. The summed E-state index contributed by atoms with van der Waals surface area (Å²) < 4.78 is 19.0. The van der Waals surface area contributed by atoms with Crippen molar-refractivity contribution in [3.8, 4) is 0 Å². The first kappa shape index (κ1) is 12.6. The highest BCUT2D eigenvalue weighted by Gasteiger charge is 2.84. The van der Waals surface area contributed by atoms with E-state index in [1.807, 2.05) is 0 Å². The lowest BCUT2D eigenvalue weighted by Crippen LogP contribution is -2.20. The van der Waals surface area contributed by atoms with E-state index in [2.05, 4.69) is 24.4 Å². The molecule has 1 N–H and O–H groups in total. The zero-order valence-electron chi connectivity index (χ0n) is 11.3. The smallest absolute Gasteiger partial charge is 0.119 e. The number of hydrogen-bond donors (Lipinski definition) is 1. The standard InChI is InChI=1S/C15H24FNO/c1-12-6-7-13(18-12)5-3-2-4-8-17-11-14-9-15(14,16)10-14/h3,5,12-13,17H,2,4,6-11H2,1H3/b5-3+. The van der Waals surface area contributed by atoms with Crippen LogP contribution in [0.1, 0.15) is 45.4 Å². The van der Waals surface area contributed by atoms with E-state index in [1.165, 1.54) is 6.42 Å². The Hall–Kier alpha value is -0.410. The number of halogens is 1. The van der Waals surface area contributed by atoms with Crippen LogP contribution in [0.25, 0.3) is 0 Å². The van der Waals surface area contributed by atoms with Crippen LogP contribution in [-0.2, 0) is 4.74 Å². The number of fused-ring (bicyclic) bond motifs is 1. The summed E-state index contributed by atoms with van der Waals surface area (Å²) in [7, 11) is 0. The van der Waals surface area contributed by atoms with Crippen molar-refractivity contribution in [3.05, 3.63) is 12.2 Å². The number of allylic oxidation sites excluding steroid dienone is 1. The highest BCUT2D eigenvalue weighted by molar-refractivity contribution is 5.34. The highest BCUT2D eigenvalue weighted by Crippen LogP contribution is 2.80. The first-order valence-corrected chi connectivity index (χ1v) is 7.35. The molecule has 0 aromatic rings. The Morgan fingerprint density at radius 1 is 1.39 bits per heavy atom. The lowest BCUT2D eigenvalue weighted by atomic mass is 10.2. The third-order valence-corrected chi connectivity index (χ3v) is 4.74. The Morgan fingerprint density at radius 3 is 2.78 bits per heavy atom. The number of ether oxygens (including phenoxy) is 1. The molecule has 2 atom stereocenters. The predicted octanol–water partition coefficient (Wildman–Crippen LogP) is 2.98. The van der Waals surface area contributed by atoms with E-state index in [0.717, 1.165) is 45.2 Å². The second kappa shape index (κ2) is 4.61. The summed E-state index contributed by atoms with van der Waals surface area (Å²) in [6.45, 7) is 4.03. The summed E-state index contributed by atoms with van der Waals surface area (Å²) in [4.78, 5) is 0. The van der Waals surface area contributed by atoms with Gasteiger partial charge in [-0.25, -0.2) is 4.39 Å². The molecule has 102 valence electrons. The Labute approximate surface area is 109 Å². The molecule has 1 saturated heterocycles. The molecule has 2 aliphatic carbocycles. The maximum atomic E-state index is 13.3. The largest absolute Gasteiger partial charge is 0.371 e. The van der Waals surface area contributed by atoms with Gasteiger partial charge in [0.25, 0.3) is 0 Å². The highest BCUT2D eigenvalue weighted by atomic mass is 19.1. The van der Waals surface area contributed by atoms with Gasteiger partial charge < -0.3 is 10.1 Å². The van der Waals surface area contributed by atoms with Crippen molar-refractivity contribution in [2.24, 2.45) is 5.41 Å². The molecule has 3 rings (SSSR count). The normalized spacial score (nSPS) is 45.4. The van der Waals surface area contributed by atoms with Gasteiger partial charge in [0.1, 0.15) is 5.67 Å². The van der Waals surface area contributed by atoms with Gasteiger partial charge in [0, 0.05) is 12.0 Å². The lowest BCUT2D eigenvalue weighted by Gasteiger charge is -2.06. The molecule has 2 unspecified atom stereocenters. The van der Waals surface area contributed by atoms with Crippen LogP contribution < -0.4 is 5.32 Å². The van der Waals surface area contributed by atoms with E-state index in [1.54, 1.807) is 0 Å². The maximum absolute atomic E-state index is 13.3. The van der Waals surface area contributed by atoms with E-state index in [0.29, 0.717) is 12.2 Å². The van der Waals surface area contributed by atoms with Crippen LogP contribution in [0.15, 0.2) is 12.2 Å². The molecule has 3 aliphatic rings. The second-order valence-electron chi connectivity index (χ2n) is 6.41.